The summed E-state index contributed by atoms with van der Waals surface area (Å²) in [5.74, 6) is 1.52. The van der Waals surface area contributed by atoms with Gasteiger partial charge in [0.2, 0.25) is 0 Å². The second-order valence-electron chi connectivity index (χ2n) is 6.42. The third-order valence-corrected chi connectivity index (χ3v) is 5.19. The summed E-state index contributed by atoms with van der Waals surface area (Å²) in [6.07, 6.45) is 4.37. The molecule has 0 bridgehead atoms. The van der Waals surface area contributed by atoms with Crippen molar-refractivity contribution in [1.82, 2.24) is 14.6 Å². The summed E-state index contributed by atoms with van der Waals surface area (Å²) >= 11 is 3.51. The summed E-state index contributed by atoms with van der Waals surface area (Å²) in [5, 5.41) is 9.07. The number of nitrogens with zero attached hydrogens (tertiary/aromatic N) is 3. The minimum absolute atomic E-state index is 0.0374. The van der Waals surface area contributed by atoms with Crippen LogP contribution in [-0.4, -0.2) is 14.6 Å². The fourth-order valence-corrected chi connectivity index (χ4v) is 3.51. The van der Waals surface area contributed by atoms with E-state index in [1.807, 2.05) is 0 Å². The number of halogens is 1. The van der Waals surface area contributed by atoms with Crippen molar-refractivity contribution in [3.05, 3.63) is 64.0 Å². The van der Waals surface area contributed by atoms with E-state index < -0.39 is 0 Å². The molecule has 3 nitrogen and oxygen atoms in total. The lowest BCUT2D eigenvalue weighted by Gasteiger charge is -2.15. The topological polar surface area (TPSA) is 30.2 Å². The highest BCUT2D eigenvalue weighted by Crippen LogP contribution is 2.52. The number of hydrogen-bond donors (Lipinski definition) is 0. The second kappa shape index (κ2) is 4.92. The molecule has 0 spiro atoms. The molecule has 22 heavy (non-hydrogen) atoms. The van der Waals surface area contributed by atoms with Gasteiger partial charge in [0.25, 0.3) is 0 Å². The number of aromatic nitrogens is 3. The van der Waals surface area contributed by atoms with E-state index >= 15 is 0 Å². The maximum Gasteiger partial charge on any atom is 0.164 e. The lowest BCUT2D eigenvalue weighted by atomic mass is 9.95. The molecule has 1 aliphatic carbocycles. The highest BCUT2D eigenvalue weighted by atomic mass is 79.9. The molecule has 112 valence electrons. The van der Waals surface area contributed by atoms with Crippen molar-refractivity contribution in [2.45, 2.75) is 38.0 Å². The predicted molar refractivity (Wildman–Crippen MR) is 91.2 cm³/mol. The highest BCUT2D eigenvalue weighted by molar-refractivity contribution is 9.10. The molecule has 2 aromatic heterocycles. The number of rotatable bonds is 3. The first-order chi connectivity index (χ1) is 10.6. The predicted octanol–water partition coefficient (Wildman–Crippen LogP) is 4.70. The Morgan fingerprint density at radius 1 is 1.09 bits per heavy atom. The first kappa shape index (κ1) is 13.9. The Balaban J connectivity index is 1.88. The molecule has 1 fully saturated rings. The van der Waals surface area contributed by atoms with Crippen LogP contribution in [-0.2, 0) is 5.41 Å². The van der Waals surface area contributed by atoms with Gasteiger partial charge in [-0.05, 0) is 48.1 Å². The van der Waals surface area contributed by atoms with Gasteiger partial charge >= 0.3 is 0 Å². The molecule has 0 amide bonds. The quantitative estimate of drug-likeness (QED) is 0.681. The van der Waals surface area contributed by atoms with Crippen LogP contribution in [0.4, 0.5) is 0 Å². The van der Waals surface area contributed by atoms with Crippen LogP contribution in [0.1, 0.15) is 49.6 Å². The molecular formula is C18H18BrN3. The molecule has 3 aromatic rings. The molecular weight excluding hydrogens is 338 g/mol. The lowest BCUT2D eigenvalue weighted by molar-refractivity contribution is 0.739. The van der Waals surface area contributed by atoms with E-state index in [9.17, 15) is 0 Å². The first-order valence-electron chi connectivity index (χ1n) is 7.72. The molecule has 0 saturated heterocycles. The fourth-order valence-electron chi connectivity index (χ4n) is 3.25. The molecule has 1 aromatic carbocycles. The standard InChI is InChI=1S/C18H18BrN3/c1-12(2)15-4-3-11-22-16(15)20-21-17(22)18(9-10-18)13-5-7-14(19)8-6-13/h3-8,11-12H,9-10H2,1-2H3. The summed E-state index contributed by atoms with van der Waals surface area (Å²) in [7, 11) is 0. The monoisotopic (exact) mass is 355 g/mol. The fraction of sp³-hybridized carbons (Fsp3) is 0.333. The Bertz CT molecular complexity index is 829. The van der Waals surface area contributed by atoms with E-state index in [1.165, 1.54) is 11.1 Å². The van der Waals surface area contributed by atoms with E-state index in [0.717, 1.165) is 28.8 Å². The van der Waals surface area contributed by atoms with E-state index in [2.05, 4.69) is 87.0 Å². The van der Waals surface area contributed by atoms with Gasteiger partial charge in [0, 0.05) is 10.7 Å². The third-order valence-electron chi connectivity index (χ3n) is 4.66. The van der Waals surface area contributed by atoms with Crippen molar-refractivity contribution >= 4 is 21.6 Å². The van der Waals surface area contributed by atoms with Crippen LogP contribution in [0.5, 0.6) is 0 Å². The van der Waals surface area contributed by atoms with Crippen molar-refractivity contribution in [1.29, 1.82) is 0 Å². The van der Waals surface area contributed by atoms with Gasteiger partial charge in [-0.1, -0.05) is 48.0 Å². The van der Waals surface area contributed by atoms with Crippen LogP contribution in [0.15, 0.2) is 47.1 Å². The van der Waals surface area contributed by atoms with Gasteiger partial charge in [0.15, 0.2) is 5.65 Å². The van der Waals surface area contributed by atoms with E-state index in [1.54, 1.807) is 0 Å². The van der Waals surface area contributed by atoms with Crippen molar-refractivity contribution in [2.24, 2.45) is 0 Å². The second-order valence-corrected chi connectivity index (χ2v) is 7.34. The molecule has 0 N–H and O–H groups in total. The minimum Gasteiger partial charge on any atom is -0.285 e. The van der Waals surface area contributed by atoms with Gasteiger partial charge in [-0.15, -0.1) is 10.2 Å². The summed E-state index contributed by atoms with van der Waals surface area (Å²) < 4.78 is 3.30. The van der Waals surface area contributed by atoms with Crippen molar-refractivity contribution in [3.63, 3.8) is 0 Å². The zero-order chi connectivity index (χ0) is 15.3. The largest absolute Gasteiger partial charge is 0.285 e. The third kappa shape index (κ3) is 2.01. The van der Waals surface area contributed by atoms with E-state index in [0.29, 0.717) is 5.92 Å². The number of hydrogen-bond acceptors (Lipinski definition) is 2. The number of fused-ring (bicyclic) bond motifs is 1. The zero-order valence-corrected chi connectivity index (χ0v) is 14.3. The Labute approximate surface area is 138 Å². The van der Waals surface area contributed by atoms with Crippen LogP contribution in [0.25, 0.3) is 5.65 Å². The molecule has 0 unspecified atom stereocenters. The average Bonchev–Trinajstić information content (AvgIpc) is 3.20. The lowest BCUT2D eigenvalue weighted by Crippen LogP contribution is -2.13. The molecule has 4 rings (SSSR count). The zero-order valence-electron chi connectivity index (χ0n) is 12.8. The van der Waals surface area contributed by atoms with Crippen LogP contribution in [0, 0.1) is 0 Å². The SMILES string of the molecule is CC(C)c1cccn2c(C3(c4ccc(Br)cc4)CC3)nnc12. The molecule has 0 radical (unpaired) electrons. The Hall–Kier alpha value is -1.68. The molecule has 0 aliphatic heterocycles. The summed E-state index contributed by atoms with van der Waals surface area (Å²) in [5.41, 5.74) is 3.62. The van der Waals surface area contributed by atoms with Gasteiger partial charge in [-0.3, -0.25) is 4.40 Å². The Morgan fingerprint density at radius 3 is 2.45 bits per heavy atom. The normalized spacial score (nSPS) is 16.4. The molecule has 2 heterocycles. The summed E-state index contributed by atoms with van der Waals surface area (Å²) in [6, 6.07) is 12.9. The van der Waals surface area contributed by atoms with Crippen molar-refractivity contribution in [3.8, 4) is 0 Å². The van der Waals surface area contributed by atoms with Crippen LogP contribution >= 0.6 is 15.9 Å². The molecule has 1 saturated carbocycles. The van der Waals surface area contributed by atoms with E-state index in [-0.39, 0.29) is 5.41 Å². The molecule has 0 atom stereocenters. The van der Waals surface area contributed by atoms with Gasteiger partial charge in [0.05, 0.1) is 5.41 Å². The average molecular weight is 356 g/mol. The summed E-state index contributed by atoms with van der Waals surface area (Å²) in [6.45, 7) is 4.40. The highest BCUT2D eigenvalue weighted by Gasteiger charge is 2.49. The molecule has 4 heteroatoms. The number of benzene rings is 1. The minimum atomic E-state index is 0.0374. The van der Waals surface area contributed by atoms with Gasteiger partial charge in [0.1, 0.15) is 5.82 Å². The smallest absolute Gasteiger partial charge is 0.164 e. The van der Waals surface area contributed by atoms with Crippen molar-refractivity contribution in [2.75, 3.05) is 0 Å². The molecule has 1 aliphatic rings. The summed E-state index contributed by atoms with van der Waals surface area (Å²) in [4.78, 5) is 0. The van der Waals surface area contributed by atoms with Crippen LogP contribution in [0.2, 0.25) is 0 Å². The maximum atomic E-state index is 4.57. The Kier molecular flexibility index (Phi) is 3.12. The first-order valence-corrected chi connectivity index (χ1v) is 8.51. The van der Waals surface area contributed by atoms with Crippen LogP contribution < -0.4 is 0 Å². The Morgan fingerprint density at radius 2 is 1.82 bits per heavy atom. The van der Waals surface area contributed by atoms with Gasteiger partial charge < -0.3 is 0 Å². The van der Waals surface area contributed by atoms with Crippen LogP contribution in [0.3, 0.4) is 0 Å². The number of pyridine rings is 1. The van der Waals surface area contributed by atoms with Gasteiger partial charge in [-0.2, -0.15) is 0 Å². The van der Waals surface area contributed by atoms with E-state index in [4.69, 9.17) is 0 Å². The maximum absolute atomic E-state index is 4.57. The van der Waals surface area contributed by atoms with Gasteiger partial charge in [-0.25, -0.2) is 0 Å². The van der Waals surface area contributed by atoms with Crippen molar-refractivity contribution < 1.29 is 0 Å².